The van der Waals surface area contributed by atoms with Crippen LogP contribution >= 0.6 is 31.3 Å². The van der Waals surface area contributed by atoms with E-state index < -0.39 is 136 Å². The van der Waals surface area contributed by atoms with E-state index in [0.29, 0.717) is 0 Å². The molecule has 410 valence electrons. The van der Waals surface area contributed by atoms with Crippen LogP contribution in [0.2, 0.25) is 0 Å². The van der Waals surface area contributed by atoms with Crippen molar-refractivity contribution in [2.75, 3.05) is 44.1 Å². The summed E-state index contributed by atoms with van der Waals surface area (Å²) in [4.78, 5) is 96.0. The Morgan fingerprint density at radius 3 is 1.87 bits per heavy atom. The van der Waals surface area contributed by atoms with Crippen LogP contribution in [0.1, 0.15) is 25.6 Å². The zero-order valence-electron chi connectivity index (χ0n) is 38.5. The van der Waals surface area contributed by atoms with E-state index in [-0.39, 0.29) is 51.2 Å². The number of nitrogens with zero attached hydrogens (tertiary/aromatic N) is 10. The Morgan fingerprint density at radius 2 is 1.20 bits per heavy atom. The summed E-state index contributed by atoms with van der Waals surface area (Å²) in [5.41, 5.74) is 15.8. The first-order valence-electron chi connectivity index (χ1n) is 21.5. The monoisotopic (exact) mass is 1140 g/mol. The molecule has 6 aromatic heterocycles. The molecule has 9 heterocycles. The highest BCUT2D eigenvalue weighted by molar-refractivity contribution is 7.66. The van der Waals surface area contributed by atoms with Crippen molar-refractivity contribution in [1.29, 1.82) is 0 Å². The Balaban J connectivity index is 0.862. The number of aliphatic hydroxyl groups is 3. The van der Waals surface area contributed by atoms with Gasteiger partial charge < -0.3 is 71.0 Å². The summed E-state index contributed by atoms with van der Waals surface area (Å²) >= 11 is 0. The predicted molar refractivity (Wildman–Crippen MR) is 242 cm³/mol. The van der Waals surface area contributed by atoms with E-state index in [1.54, 1.807) is 0 Å². The highest BCUT2D eigenvalue weighted by Gasteiger charge is 2.54. The zero-order valence-corrected chi connectivity index (χ0v) is 42.1. The van der Waals surface area contributed by atoms with Crippen molar-refractivity contribution < 1.29 is 103 Å². The standard InChI is InChI=1S/C33H45N15O23P4/c1-11-12(66-29(18(11)49)48-10-45(2)17-26(48)42-33(36)44-28(17)53)4-64-73(56,57)70-75(60,61)71-74(58,59)65-6-14-21(22(62-3)31(68-14)46-8-39-15-23(34)37-7-38-24(15)46)69-72(54,55)63-5-13-19(50)20(51)30(67-13)47-9-40-16-25(47)41-32(35)43-27(16)52/h7-14,18-22,29-31,49-51H,4-6H2,1-3H3,(H11-,34,35,36,37,38,41,42,43,44,52,53,54,55,56,57,58,59,60,61)/p+1/t11-,12-,13-,14-,18-,19-,20-,21-,22-,29-,30-,31-/m1/s1. The molecule has 0 bridgehead atoms. The number of hydrogen-bond acceptors (Lipinski definition) is 28. The van der Waals surface area contributed by atoms with E-state index in [1.165, 1.54) is 34.0 Å². The average molecular weight is 1140 g/mol. The maximum Gasteiger partial charge on any atom is 0.490 e. The maximum absolute atomic E-state index is 13.7. The van der Waals surface area contributed by atoms with Gasteiger partial charge in [-0.05, 0) is 0 Å². The lowest BCUT2D eigenvalue weighted by molar-refractivity contribution is -0.646. The molecule has 0 aliphatic carbocycles. The number of H-pyrrole nitrogens is 2. The molecule has 3 fully saturated rings. The van der Waals surface area contributed by atoms with E-state index in [0.717, 1.165) is 30.7 Å². The number of aryl methyl sites for hydroxylation is 1. The molecule has 38 nitrogen and oxygen atoms in total. The quantitative estimate of drug-likeness (QED) is 0.0277. The predicted octanol–water partition coefficient (Wildman–Crippen LogP) is -3.44. The van der Waals surface area contributed by atoms with E-state index in [1.807, 2.05) is 0 Å². The lowest BCUT2D eigenvalue weighted by Gasteiger charge is -2.26. The van der Waals surface area contributed by atoms with Gasteiger partial charge in [0.05, 0.1) is 45.6 Å². The van der Waals surface area contributed by atoms with Crippen molar-refractivity contribution in [2.45, 2.75) is 74.4 Å². The molecule has 0 spiro atoms. The molecule has 16 atom stereocenters. The number of aromatic amines is 2. The van der Waals surface area contributed by atoms with E-state index in [9.17, 15) is 62.7 Å². The van der Waals surface area contributed by atoms with Crippen LogP contribution in [-0.4, -0.2) is 164 Å². The lowest BCUT2D eigenvalue weighted by atomic mass is 10.0. The Morgan fingerprint density at radius 1 is 0.653 bits per heavy atom. The van der Waals surface area contributed by atoms with Crippen molar-refractivity contribution in [3.63, 3.8) is 0 Å². The van der Waals surface area contributed by atoms with Crippen molar-refractivity contribution in [3.05, 3.63) is 46.0 Å². The van der Waals surface area contributed by atoms with Gasteiger partial charge in [-0.25, -0.2) is 42.8 Å². The van der Waals surface area contributed by atoms with Crippen molar-refractivity contribution >= 4 is 82.5 Å². The first kappa shape index (κ1) is 54.7. The number of nitrogens with one attached hydrogen (secondary N) is 2. The van der Waals surface area contributed by atoms with Gasteiger partial charge >= 0.3 is 36.9 Å². The smallest absolute Gasteiger partial charge is 0.387 e. The second-order valence-corrected chi connectivity index (χ2v) is 22.9. The molecule has 3 aliphatic rings. The Labute approximate surface area is 416 Å². The van der Waals surface area contributed by atoms with Gasteiger partial charge in [-0.1, -0.05) is 6.92 Å². The van der Waals surface area contributed by atoms with Crippen molar-refractivity contribution in [3.8, 4) is 0 Å². The van der Waals surface area contributed by atoms with Gasteiger partial charge in [-0.2, -0.15) is 23.2 Å². The maximum atomic E-state index is 13.7. The first-order chi connectivity index (χ1) is 35.2. The molecular weight excluding hydrogens is 1100 g/mol. The van der Waals surface area contributed by atoms with Crippen LogP contribution in [0.4, 0.5) is 17.7 Å². The second kappa shape index (κ2) is 20.4. The first-order valence-corrected chi connectivity index (χ1v) is 27.5. The van der Waals surface area contributed by atoms with E-state index in [4.69, 9.17) is 54.2 Å². The number of imidazole rings is 3. The van der Waals surface area contributed by atoms with Crippen LogP contribution in [0.15, 0.2) is 34.9 Å². The van der Waals surface area contributed by atoms with E-state index in [2.05, 4.69) is 48.5 Å². The van der Waals surface area contributed by atoms with Gasteiger partial charge in [0.2, 0.25) is 24.5 Å². The van der Waals surface area contributed by atoms with Gasteiger partial charge in [0.1, 0.15) is 54.6 Å². The summed E-state index contributed by atoms with van der Waals surface area (Å²) < 4.78 is 110. The number of nitrogen functional groups attached to an aromatic ring is 3. The van der Waals surface area contributed by atoms with Crippen LogP contribution in [0.5, 0.6) is 0 Å². The summed E-state index contributed by atoms with van der Waals surface area (Å²) in [6.45, 7) is -1.65. The Bertz CT molecular complexity index is 3470. The van der Waals surface area contributed by atoms with Gasteiger partial charge in [0.25, 0.3) is 16.7 Å². The van der Waals surface area contributed by atoms with Gasteiger partial charge in [-0.3, -0.25) is 46.8 Å². The van der Waals surface area contributed by atoms with E-state index >= 15 is 0 Å². The van der Waals surface area contributed by atoms with Crippen LogP contribution in [0.3, 0.4) is 0 Å². The minimum atomic E-state index is -6.14. The number of phosphoric acid groups is 4. The number of fused-ring (bicyclic) bond motifs is 3. The minimum absolute atomic E-state index is 0.00883. The number of ether oxygens (including phenoxy) is 4. The summed E-state index contributed by atoms with van der Waals surface area (Å²) in [7, 11) is -20.6. The summed E-state index contributed by atoms with van der Waals surface area (Å²) in [6, 6.07) is 0. The molecule has 0 saturated carbocycles. The SMILES string of the molecule is CO[C@@H]1[C@H](OP(=O)(O)OC[C@H]2O[C@@H](n3cnc4c(=O)[nH]c(N)nc43)[C@H](O)[C@@H]2O)[C@@H](COP(=O)(O)OP(=O)(O)OP(=O)(O)OC[C@H]2O[C@@H](n3c[n+](C)c4c(=O)[nH]c(N)nc43)[C@H](O)[C@@H]2C)O[C@H]1n1cnc2c(N)ncnc21. The molecule has 9 rings (SSSR count). The number of rotatable bonds is 19. The lowest BCUT2D eigenvalue weighted by Crippen LogP contribution is -2.38. The number of aliphatic hydroxyl groups excluding tert-OH is 3. The normalized spacial score (nSPS) is 30.5. The highest BCUT2D eigenvalue weighted by Crippen LogP contribution is 2.68. The molecule has 0 amide bonds. The third-order valence-corrected chi connectivity index (χ3v) is 17.2. The molecule has 75 heavy (non-hydrogen) atoms. The van der Waals surface area contributed by atoms with Crippen LogP contribution in [0.25, 0.3) is 33.5 Å². The van der Waals surface area contributed by atoms with Crippen LogP contribution < -0.4 is 32.9 Å². The molecular formula is C33H46N15O23P4+. The third-order valence-electron chi connectivity index (χ3n) is 11.9. The molecule has 4 unspecified atom stereocenters. The fourth-order valence-electron chi connectivity index (χ4n) is 8.48. The Kier molecular flexibility index (Phi) is 14.8. The molecule has 15 N–H and O–H groups in total. The number of anilines is 3. The number of methoxy groups -OCH3 is 1. The van der Waals surface area contributed by atoms with Gasteiger partial charge in [-0.15, -0.1) is 0 Å². The topological polar surface area (TPSA) is 542 Å². The molecule has 6 aromatic rings. The van der Waals surface area contributed by atoms with Gasteiger partial charge in [0.15, 0.2) is 35.1 Å². The third kappa shape index (κ3) is 10.9. The molecule has 0 aromatic carbocycles. The number of aromatic nitrogens is 12. The molecule has 42 heteroatoms. The number of nitrogens with two attached hydrogens (primary N) is 3. The van der Waals surface area contributed by atoms with Crippen LogP contribution in [0, 0.1) is 5.92 Å². The molecule has 3 saturated heterocycles. The number of phosphoric ester groups is 3. The average Bonchev–Trinajstić information content (AvgIpc) is 4.17. The van der Waals surface area contributed by atoms with Crippen molar-refractivity contribution in [2.24, 2.45) is 13.0 Å². The number of hydrogen-bond donors (Lipinski definition) is 12. The molecule has 3 aliphatic heterocycles. The fourth-order valence-corrected chi connectivity index (χ4v) is 13.0. The zero-order chi connectivity index (χ0) is 54.3. The minimum Gasteiger partial charge on any atom is -0.387 e. The van der Waals surface area contributed by atoms with Gasteiger partial charge in [0, 0.05) is 13.0 Å². The van der Waals surface area contributed by atoms with Crippen LogP contribution in [-0.2, 0) is 71.0 Å². The van der Waals surface area contributed by atoms with Crippen molar-refractivity contribution in [1.82, 2.24) is 53.6 Å². The summed E-state index contributed by atoms with van der Waals surface area (Å²) in [5, 5.41) is 32.8. The molecule has 0 radical (unpaired) electrons. The fraction of sp³-hybridized carbons (Fsp3) is 0.545. The Hall–Kier alpha value is -5.11. The largest absolute Gasteiger partial charge is 0.490 e. The summed E-state index contributed by atoms with van der Waals surface area (Å²) in [6.07, 6.45) is -12.5. The second-order valence-electron chi connectivity index (χ2n) is 16.8. The highest BCUT2D eigenvalue weighted by atomic mass is 31.3. The summed E-state index contributed by atoms with van der Waals surface area (Å²) in [5.74, 6) is -1.52.